The summed E-state index contributed by atoms with van der Waals surface area (Å²) in [6, 6.07) is 7.35. The fraction of sp³-hybridized carbons (Fsp3) is 0.400. The first-order chi connectivity index (χ1) is 15.7. The molecule has 8 nitrogen and oxygen atoms in total. The van der Waals surface area contributed by atoms with Gasteiger partial charge < -0.3 is 19.7 Å². The Morgan fingerprint density at radius 1 is 1.21 bits per heavy atom. The second kappa shape index (κ2) is 9.13. The van der Waals surface area contributed by atoms with Crippen LogP contribution in [0.15, 0.2) is 54.5 Å². The van der Waals surface area contributed by atoms with E-state index in [1.54, 1.807) is 19.5 Å². The Bertz CT molecular complexity index is 1110. The SMILES string of the molecule is COc1cccc(NC2CCN(C3=CC=C(c4cnn(C(=O)OC(C)(C)C)c4)CC3)C2=O)c1. The van der Waals surface area contributed by atoms with Gasteiger partial charge in [0.1, 0.15) is 17.4 Å². The minimum atomic E-state index is -0.577. The summed E-state index contributed by atoms with van der Waals surface area (Å²) >= 11 is 0. The molecular formula is C25H30N4O4. The maximum absolute atomic E-state index is 13.0. The number of benzene rings is 1. The van der Waals surface area contributed by atoms with Gasteiger partial charge in [-0.25, -0.2) is 4.79 Å². The third kappa shape index (κ3) is 5.27. The van der Waals surface area contributed by atoms with Crippen molar-refractivity contribution in [2.24, 2.45) is 0 Å². The van der Waals surface area contributed by atoms with Crippen molar-refractivity contribution in [3.63, 3.8) is 0 Å². The molecule has 0 spiro atoms. The number of aromatic nitrogens is 2. The molecule has 2 aromatic rings. The van der Waals surface area contributed by atoms with Gasteiger partial charge in [-0.15, -0.1) is 0 Å². The number of anilines is 1. The number of carbonyl (C=O) groups is 2. The molecule has 1 saturated heterocycles. The minimum absolute atomic E-state index is 0.0821. The average molecular weight is 451 g/mol. The van der Waals surface area contributed by atoms with E-state index in [-0.39, 0.29) is 11.9 Å². The summed E-state index contributed by atoms with van der Waals surface area (Å²) in [5, 5.41) is 7.47. The molecule has 33 heavy (non-hydrogen) atoms. The summed E-state index contributed by atoms with van der Waals surface area (Å²) in [5.41, 5.74) is 3.26. The van der Waals surface area contributed by atoms with E-state index >= 15 is 0 Å². The highest BCUT2D eigenvalue weighted by Crippen LogP contribution is 2.31. The van der Waals surface area contributed by atoms with Gasteiger partial charge in [0.05, 0.1) is 13.3 Å². The van der Waals surface area contributed by atoms with Crippen molar-refractivity contribution in [1.29, 1.82) is 0 Å². The molecule has 1 fully saturated rings. The first kappa shape index (κ1) is 22.6. The van der Waals surface area contributed by atoms with Gasteiger partial charge in [-0.1, -0.05) is 12.1 Å². The number of hydrogen-bond donors (Lipinski definition) is 1. The smallest absolute Gasteiger partial charge is 0.435 e. The van der Waals surface area contributed by atoms with Crippen LogP contribution in [0, 0.1) is 0 Å². The van der Waals surface area contributed by atoms with Gasteiger partial charge in [0.2, 0.25) is 5.91 Å². The Balaban J connectivity index is 1.41. The van der Waals surface area contributed by atoms with Crippen LogP contribution in [0.4, 0.5) is 10.5 Å². The molecule has 0 saturated carbocycles. The van der Waals surface area contributed by atoms with Gasteiger partial charge in [0.15, 0.2) is 0 Å². The summed E-state index contributed by atoms with van der Waals surface area (Å²) in [6.45, 7) is 6.15. The molecule has 1 aromatic carbocycles. The molecular weight excluding hydrogens is 420 g/mol. The highest BCUT2D eigenvalue weighted by Gasteiger charge is 2.34. The zero-order valence-electron chi connectivity index (χ0n) is 19.5. The van der Waals surface area contributed by atoms with Crippen molar-refractivity contribution in [3.8, 4) is 5.75 Å². The molecule has 1 amide bonds. The average Bonchev–Trinajstić information content (AvgIpc) is 3.41. The van der Waals surface area contributed by atoms with Crippen LogP contribution in [0.5, 0.6) is 5.75 Å². The normalized spacial score (nSPS) is 18.6. The quantitative estimate of drug-likeness (QED) is 0.724. The largest absolute Gasteiger partial charge is 0.497 e. The van der Waals surface area contributed by atoms with Gasteiger partial charge in [0, 0.05) is 35.8 Å². The van der Waals surface area contributed by atoms with Crippen LogP contribution in [0.2, 0.25) is 0 Å². The molecule has 2 heterocycles. The fourth-order valence-corrected chi connectivity index (χ4v) is 4.00. The van der Waals surface area contributed by atoms with Crippen molar-refractivity contribution in [2.75, 3.05) is 19.0 Å². The summed E-state index contributed by atoms with van der Waals surface area (Å²) in [7, 11) is 1.63. The van der Waals surface area contributed by atoms with Crippen LogP contribution in [-0.2, 0) is 9.53 Å². The predicted molar refractivity (Wildman–Crippen MR) is 126 cm³/mol. The van der Waals surface area contributed by atoms with E-state index in [4.69, 9.17) is 9.47 Å². The van der Waals surface area contributed by atoms with Crippen molar-refractivity contribution in [3.05, 3.63) is 60.1 Å². The number of hydrogen-bond acceptors (Lipinski definition) is 6. The number of carbonyl (C=O) groups excluding carboxylic acids is 2. The fourth-order valence-electron chi connectivity index (χ4n) is 4.00. The third-order valence-corrected chi connectivity index (χ3v) is 5.62. The Labute approximate surface area is 193 Å². The molecule has 2 aliphatic rings. The summed E-state index contributed by atoms with van der Waals surface area (Å²) in [5.74, 6) is 0.837. The van der Waals surface area contributed by atoms with Gasteiger partial charge in [-0.05, 0) is 63.8 Å². The number of nitrogens with one attached hydrogen (secondary N) is 1. The van der Waals surface area contributed by atoms with E-state index in [9.17, 15) is 9.59 Å². The zero-order valence-corrected chi connectivity index (χ0v) is 19.5. The molecule has 1 aliphatic carbocycles. The summed E-state index contributed by atoms with van der Waals surface area (Å²) < 4.78 is 11.8. The molecule has 1 N–H and O–H groups in total. The van der Waals surface area contributed by atoms with Crippen LogP contribution in [-0.4, -0.2) is 52.0 Å². The molecule has 0 radical (unpaired) electrons. The van der Waals surface area contributed by atoms with Gasteiger partial charge in [-0.3, -0.25) is 4.79 Å². The second-order valence-corrected chi connectivity index (χ2v) is 9.21. The molecule has 4 rings (SSSR count). The Hall–Kier alpha value is -3.55. The van der Waals surface area contributed by atoms with Gasteiger partial charge >= 0.3 is 6.09 Å². The number of allylic oxidation sites excluding steroid dienone is 4. The summed E-state index contributed by atoms with van der Waals surface area (Å²) in [6.07, 6.45) is 9.12. The Morgan fingerprint density at radius 2 is 2.03 bits per heavy atom. The minimum Gasteiger partial charge on any atom is -0.497 e. The van der Waals surface area contributed by atoms with Crippen molar-refractivity contribution < 1.29 is 19.1 Å². The topological polar surface area (TPSA) is 85.7 Å². The number of nitrogens with zero attached hydrogens (tertiary/aromatic N) is 3. The zero-order chi connectivity index (χ0) is 23.6. The lowest BCUT2D eigenvalue weighted by Crippen LogP contribution is -2.33. The first-order valence-corrected chi connectivity index (χ1v) is 11.1. The molecule has 8 heteroatoms. The highest BCUT2D eigenvalue weighted by atomic mass is 16.6. The Morgan fingerprint density at radius 3 is 2.73 bits per heavy atom. The standard InChI is InChI=1S/C25H30N4O4/c1-25(2,3)33-24(31)29-16-18(15-26-29)17-8-10-20(11-9-17)28-13-12-22(23(28)30)27-19-6-5-7-21(14-19)32-4/h5-8,10,14-16,22,27H,9,11-13H2,1-4H3. The summed E-state index contributed by atoms with van der Waals surface area (Å²) in [4.78, 5) is 27.1. The van der Waals surface area contributed by atoms with Crippen LogP contribution in [0.25, 0.3) is 5.57 Å². The number of ether oxygens (including phenoxy) is 2. The van der Waals surface area contributed by atoms with Gasteiger partial charge in [-0.2, -0.15) is 9.78 Å². The first-order valence-electron chi connectivity index (χ1n) is 11.1. The maximum Gasteiger partial charge on any atom is 0.435 e. The lowest BCUT2D eigenvalue weighted by molar-refractivity contribution is -0.126. The second-order valence-electron chi connectivity index (χ2n) is 9.21. The van der Waals surface area contributed by atoms with Crippen LogP contribution >= 0.6 is 0 Å². The molecule has 174 valence electrons. The van der Waals surface area contributed by atoms with Crippen molar-refractivity contribution in [1.82, 2.24) is 14.7 Å². The third-order valence-electron chi connectivity index (χ3n) is 5.62. The predicted octanol–water partition coefficient (Wildman–Crippen LogP) is 4.45. The highest BCUT2D eigenvalue weighted by molar-refractivity contribution is 5.88. The Kier molecular flexibility index (Phi) is 6.26. The van der Waals surface area contributed by atoms with Crippen LogP contribution in [0.1, 0.15) is 45.6 Å². The van der Waals surface area contributed by atoms with E-state index in [0.29, 0.717) is 6.54 Å². The van der Waals surface area contributed by atoms with Crippen LogP contribution < -0.4 is 10.1 Å². The van der Waals surface area contributed by atoms with E-state index in [0.717, 1.165) is 47.5 Å². The number of rotatable bonds is 5. The lowest BCUT2D eigenvalue weighted by Gasteiger charge is -2.23. The van der Waals surface area contributed by atoms with E-state index in [2.05, 4.69) is 10.4 Å². The number of amides is 1. The van der Waals surface area contributed by atoms with Crippen molar-refractivity contribution >= 4 is 23.3 Å². The van der Waals surface area contributed by atoms with E-state index in [1.165, 1.54) is 4.68 Å². The van der Waals surface area contributed by atoms with Crippen LogP contribution in [0.3, 0.4) is 0 Å². The lowest BCUT2D eigenvalue weighted by atomic mass is 9.97. The van der Waals surface area contributed by atoms with E-state index < -0.39 is 11.7 Å². The molecule has 1 aromatic heterocycles. The molecule has 1 aliphatic heterocycles. The molecule has 1 unspecified atom stereocenters. The number of methoxy groups -OCH3 is 1. The maximum atomic E-state index is 13.0. The van der Waals surface area contributed by atoms with Crippen molar-refractivity contribution in [2.45, 2.75) is 51.7 Å². The van der Waals surface area contributed by atoms with E-state index in [1.807, 2.05) is 62.1 Å². The van der Waals surface area contributed by atoms with Gasteiger partial charge in [0.25, 0.3) is 0 Å². The number of likely N-dealkylation sites (tertiary alicyclic amines) is 1. The molecule has 1 atom stereocenters. The molecule has 0 bridgehead atoms. The monoisotopic (exact) mass is 450 g/mol.